The molecule has 1 amide bonds. The van der Waals surface area contributed by atoms with Crippen LogP contribution in [-0.2, 0) is 10.5 Å². The Morgan fingerprint density at radius 3 is 2.43 bits per heavy atom. The monoisotopic (exact) mass is 307 g/mol. The fraction of sp³-hybridized carbons (Fsp3) is 0.611. The van der Waals surface area contributed by atoms with E-state index in [0.717, 1.165) is 18.7 Å². The molecule has 21 heavy (non-hydrogen) atoms. The van der Waals surface area contributed by atoms with Gasteiger partial charge in [0.15, 0.2) is 0 Å². The van der Waals surface area contributed by atoms with Crippen LogP contribution in [0, 0.1) is 0 Å². The molecular weight excluding hydrogens is 278 g/mol. The Labute approximate surface area is 134 Å². The quantitative estimate of drug-likeness (QED) is 0.550. The molecule has 0 aliphatic rings. The van der Waals surface area contributed by atoms with Crippen molar-refractivity contribution in [3.8, 4) is 0 Å². The minimum Gasteiger partial charge on any atom is -0.345 e. The average molecular weight is 308 g/mol. The molecule has 1 aromatic carbocycles. The number of carbonyl (C=O) groups excluding carboxylic acids is 1. The van der Waals surface area contributed by atoms with Gasteiger partial charge in [0.1, 0.15) is 0 Å². The van der Waals surface area contributed by atoms with Crippen molar-refractivity contribution in [1.29, 1.82) is 0 Å². The molecule has 0 aliphatic heterocycles. The molecule has 0 unspecified atom stereocenters. The van der Waals surface area contributed by atoms with E-state index >= 15 is 0 Å². The maximum absolute atomic E-state index is 12.0. The maximum atomic E-state index is 12.0. The van der Waals surface area contributed by atoms with E-state index in [4.69, 9.17) is 0 Å². The summed E-state index contributed by atoms with van der Waals surface area (Å²) < 4.78 is 0. The van der Waals surface area contributed by atoms with Gasteiger partial charge in [-0.25, -0.2) is 0 Å². The molecule has 1 aromatic rings. The number of amides is 1. The lowest BCUT2D eigenvalue weighted by Gasteiger charge is -2.16. The van der Waals surface area contributed by atoms with Crippen LogP contribution in [0.3, 0.4) is 0 Å². The Bertz CT molecular complexity index is 380. The van der Waals surface area contributed by atoms with Crippen molar-refractivity contribution in [2.45, 2.75) is 51.2 Å². The Balaban J connectivity index is 2.05. The average Bonchev–Trinajstić information content (AvgIpc) is 2.51. The summed E-state index contributed by atoms with van der Waals surface area (Å²) in [5.74, 6) is 1.75. The van der Waals surface area contributed by atoms with Crippen LogP contribution in [-0.4, -0.2) is 30.2 Å². The first-order valence-electron chi connectivity index (χ1n) is 8.09. The van der Waals surface area contributed by atoms with Crippen LogP contribution in [0.25, 0.3) is 0 Å². The summed E-state index contributed by atoms with van der Waals surface area (Å²) in [6.45, 7) is 3.14. The topological polar surface area (TPSA) is 20.3 Å². The highest BCUT2D eigenvalue weighted by molar-refractivity contribution is 7.99. The first-order valence-corrected chi connectivity index (χ1v) is 9.25. The molecule has 1 rings (SSSR count). The third-order valence-electron chi connectivity index (χ3n) is 3.61. The summed E-state index contributed by atoms with van der Waals surface area (Å²) >= 11 is 1.70. The zero-order valence-electron chi connectivity index (χ0n) is 13.5. The van der Waals surface area contributed by atoms with E-state index < -0.39 is 0 Å². The van der Waals surface area contributed by atoms with Gasteiger partial charge in [0.05, 0.1) is 5.75 Å². The van der Waals surface area contributed by atoms with Gasteiger partial charge in [-0.2, -0.15) is 0 Å². The van der Waals surface area contributed by atoms with Crippen LogP contribution in [0.1, 0.15) is 51.0 Å². The fourth-order valence-corrected chi connectivity index (χ4v) is 3.12. The van der Waals surface area contributed by atoms with Crippen LogP contribution in [0.5, 0.6) is 0 Å². The number of nitrogens with zero attached hydrogens (tertiary/aromatic N) is 1. The second-order valence-corrected chi connectivity index (χ2v) is 6.55. The highest BCUT2D eigenvalue weighted by Crippen LogP contribution is 2.12. The molecular formula is C18H29NOS. The van der Waals surface area contributed by atoms with Gasteiger partial charge in [-0.05, 0) is 12.0 Å². The third kappa shape index (κ3) is 8.82. The fourth-order valence-electron chi connectivity index (χ4n) is 2.19. The lowest BCUT2D eigenvalue weighted by atomic mass is 10.1. The van der Waals surface area contributed by atoms with Crippen molar-refractivity contribution >= 4 is 17.7 Å². The normalized spacial score (nSPS) is 10.6. The number of hydrogen-bond acceptors (Lipinski definition) is 2. The van der Waals surface area contributed by atoms with Crippen LogP contribution >= 0.6 is 11.8 Å². The predicted octanol–water partition coefficient (Wildman–Crippen LogP) is 4.74. The second-order valence-electron chi connectivity index (χ2n) is 5.56. The van der Waals surface area contributed by atoms with Crippen molar-refractivity contribution in [2.75, 3.05) is 19.3 Å². The van der Waals surface area contributed by atoms with Gasteiger partial charge in [-0.3, -0.25) is 4.79 Å². The molecule has 0 saturated heterocycles. The van der Waals surface area contributed by atoms with Crippen LogP contribution in [0.2, 0.25) is 0 Å². The molecule has 3 heteroatoms. The van der Waals surface area contributed by atoms with Gasteiger partial charge < -0.3 is 4.90 Å². The van der Waals surface area contributed by atoms with Gasteiger partial charge in [-0.15, -0.1) is 11.8 Å². The Hall–Kier alpha value is -0.960. The molecule has 0 saturated carbocycles. The summed E-state index contributed by atoms with van der Waals surface area (Å²) in [5, 5.41) is 0. The summed E-state index contributed by atoms with van der Waals surface area (Å²) in [7, 11) is 1.93. The molecule has 0 heterocycles. The number of carbonyl (C=O) groups is 1. The summed E-state index contributed by atoms with van der Waals surface area (Å²) in [6, 6.07) is 10.3. The third-order valence-corrected chi connectivity index (χ3v) is 4.60. The van der Waals surface area contributed by atoms with E-state index in [1.165, 1.54) is 37.7 Å². The zero-order valence-corrected chi connectivity index (χ0v) is 14.3. The van der Waals surface area contributed by atoms with E-state index in [-0.39, 0.29) is 5.91 Å². The van der Waals surface area contributed by atoms with Crippen molar-refractivity contribution in [3.63, 3.8) is 0 Å². The molecule has 0 bridgehead atoms. The Morgan fingerprint density at radius 1 is 1.05 bits per heavy atom. The largest absolute Gasteiger partial charge is 0.345 e. The van der Waals surface area contributed by atoms with E-state index in [1.807, 2.05) is 30.1 Å². The van der Waals surface area contributed by atoms with E-state index in [1.54, 1.807) is 11.8 Å². The van der Waals surface area contributed by atoms with Crippen molar-refractivity contribution in [3.05, 3.63) is 35.9 Å². The van der Waals surface area contributed by atoms with E-state index in [2.05, 4.69) is 19.1 Å². The summed E-state index contributed by atoms with van der Waals surface area (Å²) in [4.78, 5) is 13.9. The molecule has 0 N–H and O–H groups in total. The van der Waals surface area contributed by atoms with Gasteiger partial charge >= 0.3 is 0 Å². The first kappa shape index (κ1) is 18.1. The number of rotatable bonds is 11. The van der Waals surface area contributed by atoms with Gasteiger partial charge in [0, 0.05) is 19.3 Å². The van der Waals surface area contributed by atoms with Crippen LogP contribution in [0.15, 0.2) is 30.3 Å². The summed E-state index contributed by atoms with van der Waals surface area (Å²) in [5.41, 5.74) is 1.29. The first-order chi connectivity index (χ1) is 10.2. The lowest BCUT2D eigenvalue weighted by molar-refractivity contribution is -0.127. The predicted molar refractivity (Wildman–Crippen MR) is 93.6 cm³/mol. The second kappa shape index (κ2) is 11.7. The summed E-state index contributed by atoms with van der Waals surface area (Å²) in [6.07, 6.45) is 7.64. The van der Waals surface area contributed by atoms with Crippen molar-refractivity contribution < 1.29 is 4.79 Å². The number of unbranched alkanes of at least 4 members (excludes halogenated alkanes) is 5. The number of hydrogen-bond donors (Lipinski definition) is 0. The smallest absolute Gasteiger partial charge is 0.232 e. The van der Waals surface area contributed by atoms with Crippen molar-refractivity contribution in [2.24, 2.45) is 0 Å². The van der Waals surface area contributed by atoms with Gasteiger partial charge in [0.2, 0.25) is 5.91 Å². The molecule has 0 spiro atoms. The van der Waals surface area contributed by atoms with Gasteiger partial charge in [-0.1, -0.05) is 69.4 Å². The Kier molecular flexibility index (Phi) is 10.1. The minimum absolute atomic E-state index is 0.254. The molecule has 2 nitrogen and oxygen atoms in total. The highest BCUT2D eigenvalue weighted by atomic mass is 32.2. The van der Waals surface area contributed by atoms with E-state index in [9.17, 15) is 4.79 Å². The minimum atomic E-state index is 0.254. The lowest BCUT2D eigenvalue weighted by Crippen LogP contribution is -2.29. The van der Waals surface area contributed by atoms with Gasteiger partial charge in [0.25, 0.3) is 0 Å². The standard InChI is InChI=1S/C18H29NOS/c1-3-4-5-6-7-11-14-19(2)18(20)16-21-15-17-12-9-8-10-13-17/h8-10,12-13H,3-7,11,14-16H2,1-2H3. The SMILES string of the molecule is CCCCCCCCN(C)C(=O)CSCc1ccccc1. The molecule has 0 fully saturated rings. The maximum Gasteiger partial charge on any atom is 0.232 e. The molecule has 118 valence electrons. The zero-order chi connectivity index (χ0) is 15.3. The molecule has 0 atom stereocenters. The van der Waals surface area contributed by atoms with Crippen molar-refractivity contribution in [1.82, 2.24) is 4.90 Å². The highest BCUT2D eigenvalue weighted by Gasteiger charge is 2.08. The van der Waals surface area contributed by atoms with Crippen LogP contribution < -0.4 is 0 Å². The molecule has 0 aromatic heterocycles. The van der Waals surface area contributed by atoms with Crippen LogP contribution in [0.4, 0.5) is 0 Å². The number of benzene rings is 1. The Morgan fingerprint density at radius 2 is 1.71 bits per heavy atom. The molecule has 0 aliphatic carbocycles. The van der Waals surface area contributed by atoms with E-state index in [0.29, 0.717) is 5.75 Å². The number of thioether (sulfide) groups is 1. The molecule has 0 radical (unpaired) electrons.